The molecule has 0 radical (unpaired) electrons. The highest BCUT2D eigenvalue weighted by Crippen LogP contribution is 2.38. The molecular formula is C8H6Br2F3NO. The minimum absolute atomic E-state index is 0.126. The number of nitrogens with two attached hydrogens (primary N) is 1. The fraction of sp³-hybridized carbons (Fsp3) is 0.250. The van der Waals surface area contributed by atoms with Crippen LogP contribution in [-0.4, -0.2) is 11.3 Å². The molecular weight excluding hydrogens is 343 g/mol. The average molecular weight is 349 g/mol. The molecule has 0 heterocycles. The van der Waals surface area contributed by atoms with Gasteiger partial charge in [-0.1, -0.05) is 0 Å². The molecule has 0 bridgehead atoms. The number of benzene rings is 1. The first-order chi connectivity index (χ1) is 6.73. The molecule has 0 aliphatic heterocycles. The summed E-state index contributed by atoms with van der Waals surface area (Å²) in [6.45, 7) is 0. The summed E-state index contributed by atoms with van der Waals surface area (Å²) in [4.78, 5) is 0. The number of halogens is 5. The monoisotopic (exact) mass is 347 g/mol. The number of rotatable bonds is 1. The van der Waals surface area contributed by atoms with Crippen molar-refractivity contribution in [2.24, 2.45) is 5.73 Å². The molecule has 3 N–H and O–H groups in total. The molecule has 0 saturated carbocycles. The Kier molecular flexibility index (Phi) is 3.67. The second-order valence-corrected chi connectivity index (χ2v) is 4.56. The zero-order valence-corrected chi connectivity index (χ0v) is 10.3. The molecule has 0 unspecified atom stereocenters. The third-order valence-corrected chi connectivity index (χ3v) is 2.96. The first kappa shape index (κ1) is 12.8. The molecule has 0 aliphatic rings. The third-order valence-electron chi connectivity index (χ3n) is 1.75. The molecule has 0 aromatic heterocycles. The van der Waals surface area contributed by atoms with Crippen molar-refractivity contribution < 1.29 is 18.3 Å². The molecule has 15 heavy (non-hydrogen) atoms. The topological polar surface area (TPSA) is 46.2 Å². The van der Waals surface area contributed by atoms with E-state index in [9.17, 15) is 18.3 Å². The van der Waals surface area contributed by atoms with Crippen LogP contribution in [0.15, 0.2) is 21.1 Å². The van der Waals surface area contributed by atoms with E-state index in [2.05, 4.69) is 31.9 Å². The van der Waals surface area contributed by atoms with Crippen molar-refractivity contribution in [1.82, 2.24) is 0 Å². The predicted molar refractivity (Wildman–Crippen MR) is 56.5 cm³/mol. The Hall–Kier alpha value is -0.270. The maximum absolute atomic E-state index is 12.3. The van der Waals surface area contributed by atoms with Crippen molar-refractivity contribution in [3.05, 3.63) is 26.6 Å². The van der Waals surface area contributed by atoms with E-state index in [1.165, 1.54) is 0 Å². The lowest BCUT2D eigenvalue weighted by atomic mass is 10.1. The van der Waals surface area contributed by atoms with Gasteiger partial charge in [0.1, 0.15) is 11.8 Å². The molecule has 7 heteroatoms. The average Bonchev–Trinajstić information content (AvgIpc) is 2.10. The second kappa shape index (κ2) is 4.31. The van der Waals surface area contributed by atoms with Gasteiger partial charge in [0, 0.05) is 0 Å². The van der Waals surface area contributed by atoms with Gasteiger partial charge in [-0.25, -0.2) is 0 Å². The smallest absolute Gasteiger partial charge is 0.407 e. The number of phenolic OH excluding ortho intramolecular Hbond substituents is 1. The van der Waals surface area contributed by atoms with Gasteiger partial charge in [0.15, 0.2) is 0 Å². The Balaban J connectivity index is 3.17. The van der Waals surface area contributed by atoms with Crippen molar-refractivity contribution in [1.29, 1.82) is 0 Å². The molecule has 0 fully saturated rings. The fourth-order valence-electron chi connectivity index (χ4n) is 0.954. The highest BCUT2D eigenvalue weighted by molar-refractivity contribution is 9.11. The lowest BCUT2D eigenvalue weighted by molar-refractivity contribution is -0.149. The molecule has 0 spiro atoms. The largest absolute Gasteiger partial charge is 0.506 e. The highest BCUT2D eigenvalue weighted by atomic mass is 79.9. The van der Waals surface area contributed by atoms with Crippen LogP contribution in [-0.2, 0) is 0 Å². The number of alkyl halides is 3. The maximum atomic E-state index is 12.3. The minimum atomic E-state index is -4.50. The van der Waals surface area contributed by atoms with E-state index in [-0.39, 0.29) is 20.3 Å². The second-order valence-electron chi connectivity index (χ2n) is 2.85. The predicted octanol–water partition coefficient (Wildman–Crippen LogP) is 3.48. The van der Waals surface area contributed by atoms with Gasteiger partial charge in [0.05, 0.1) is 8.95 Å². The van der Waals surface area contributed by atoms with Crippen molar-refractivity contribution in [3.8, 4) is 5.75 Å². The standard InChI is InChI=1S/C8H6Br2F3NO/c9-4-1-3(2-5(10)6(4)15)7(14)8(11,12)13/h1-2,7,15H,14H2/t7-/m0/s1. The fourth-order valence-corrected chi connectivity index (χ4v) is 2.18. The van der Waals surface area contributed by atoms with Crippen molar-refractivity contribution in [3.63, 3.8) is 0 Å². The summed E-state index contributed by atoms with van der Waals surface area (Å²) in [5.41, 5.74) is 4.89. The summed E-state index contributed by atoms with van der Waals surface area (Å²) in [6.07, 6.45) is -4.50. The molecule has 0 saturated heterocycles. The summed E-state index contributed by atoms with van der Waals surface area (Å²) in [5.74, 6) is -0.159. The molecule has 1 rings (SSSR count). The normalized spacial score (nSPS) is 14.0. The van der Waals surface area contributed by atoms with Crippen LogP contribution in [0, 0.1) is 0 Å². The first-order valence-corrected chi connectivity index (χ1v) is 5.32. The van der Waals surface area contributed by atoms with Crippen LogP contribution in [0.4, 0.5) is 13.2 Å². The first-order valence-electron chi connectivity index (χ1n) is 3.73. The number of aromatic hydroxyl groups is 1. The molecule has 0 amide bonds. The van der Waals surface area contributed by atoms with Crippen molar-refractivity contribution in [2.75, 3.05) is 0 Å². The van der Waals surface area contributed by atoms with E-state index in [0.29, 0.717) is 0 Å². The summed E-state index contributed by atoms with van der Waals surface area (Å²) < 4.78 is 37.2. The van der Waals surface area contributed by atoms with Crippen molar-refractivity contribution in [2.45, 2.75) is 12.2 Å². The van der Waals surface area contributed by atoms with E-state index < -0.39 is 12.2 Å². The lowest BCUT2D eigenvalue weighted by Crippen LogP contribution is -2.28. The van der Waals surface area contributed by atoms with Crippen molar-refractivity contribution >= 4 is 31.9 Å². The number of phenols is 1. The van der Waals surface area contributed by atoms with Gasteiger partial charge in [-0.2, -0.15) is 13.2 Å². The highest BCUT2D eigenvalue weighted by Gasteiger charge is 2.38. The zero-order chi connectivity index (χ0) is 11.8. The van der Waals surface area contributed by atoms with Gasteiger partial charge in [-0.05, 0) is 49.6 Å². The number of hydrogen-bond acceptors (Lipinski definition) is 2. The van der Waals surface area contributed by atoms with Gasteiger partial charge in [0.25, 0.3) is 0 Å². The van der Waals surface area contributed by atoms with Gasteiger partial charge in [-0.15, -0.1) is 0 Å². The minimum Gasteiger partial charge on any atom is -0.506 e. The molecule has 1 aromatic carbocycles. The van der Waals surface area contributed by atoms with Crippen LogP contribution in [0.1, 0.15) is 11.6 Å². The Bertz CT molecular complexity index is 358. The van der Waals surface area contributed by atoms with Crippen LogP contribution < -0.4 is 5.73 Å². The Morgan fingerprint density at radius 1 is 1.20 bits per heavy atom. The van der Waals surface area contributed by atoms with Gasteiger partial charge >= 0.3 is 6.18 Å². The van der Waals surface area contributed by atoms with E-state index in [1.807, 2.05) is 0 Å². The Morgan fingerprint density at radius 2 is 1.60 bits per heavy atom. The summed E-state index contributed by atoms with van der Waals surface area (Å²) in [6, 6.07) is 0.210. The summed E-state index contributed by atoms with van der Waals surface area (Å²) in [5, 5.41) is 9.30. The summed E-state index contributed by atoms with van der Waals surface area (Å²) in [7, 11) is 0. The maximum Gasteiger partial charge on any atom is 0.407 e. The summed E-state index contributed by atoms with van der Waals surface area (Å²) >= 11 is 5.86. The van der Waals surface area contributed by atoms with E-state index >= 15 is 0 Å². The Labute approximate surface area is 101 Å². The van der Waals surface area contributed by atoms with Gasteiger partial charge in [0.2, 0.25) is 0 Å². The van der Waals surface area contributed by atoms with Crippen LogP contribution in [0.2, 0.25) is 0 Å². The molecule has 2 nitrogen and oxygen atoms in total. The van der Waals surface area contributed by atoms with Crippen LogP contribution in [0.3, 0.4) is 0 Å². The van der Waals surface area contributed by atoms with Gasteiger partial charge in [-0.3, -0.25) is 0 Å². The molecule has 1 aromatic rings. The third kappa shape index (κ3) is 2.85. The van der Waals surface area contributed by atoms with Gasteiger partial charge < -0.3 is 10.8 Å². The lowest BCUT2D eigenvalue weighted by Gasteiger charge is -2.16. The quantitative estimate of drug-likeness (QED) is 0.816. The van der Waals surface area contributed by atoms with E-state index in [0.717, 1.165) is 12.1 Å². The number of hydrogen-bond donors (Lipinski definition) is 2. The van der Waals surface area contributed by atoms with E-state index in [4.69, 9.17) is 5.73 Å². The zero-order valence-electron chi connectivity index (χ0n) is 7.15. The molecule has 84 valence electrons. The molecule has 1 atom stereocenters. The Morgan fingerprint density at radius 3 is 1.93 bits per heavy atom. The van der Waals surface area contributed by atoms with E-state index in [1.54, 1.807) is 0 Å². The van der Waals surface area contributed by atoms with Crippen LogP contribution in [0.25, 0.3) is 0 Å². The SMILES string of the molecule is N[C@@H](c1cc(Br)c(O)c(Br)c1)C(F)(F)F. The molecule has 0 aliphatic carbocycles. The van der Waals surface area contributed by atoms with Crippen LogP contribution in [0.5, 0.6) is 5.75 Å². The van der Waals surface area contributed by atoms with Crippen LogP contribution >= 0.6 is 31.9 Å².